The topological polar surface area (TPSA) is 57.2 Å². The first-order chi connectivity index (χ1) is 9.68. The van der Waals surface area contributed by atoms with Crippen molar-refractivity contribution < 1.29 is 4.74 Å². The molecule has 0 saturated carbocycles. The Labute approximate surface area is 118 Å². The molecule has 1 fully saturated rings. The molecule has 1 unspecified atom stereocenters. The minimum Gasteiger partial charge on any atom is -0.385 e. The number of nitrogens with zero attached hydrogens (tertiary/aromatic N) is 1. The highest BCUT2D eigenvalue weighted by atomic mass is 16.5. The predicted molar refractivity (Wildman–Crippen MR) is 80.9 cm³/mol. The van der Waals surface area contributed by atoms with E-state index in [-0.39, 0.29) is 11.6 Å². The predicted octanol–water partition coefficient (Wildman–Crippen LogP) is 2.57. The van der Waals surface area contributed by atoms with Crippen molar-refractivity contribution >= 4 is 16.6 Å². The summed E-state index contributed by atoms with van der Waals surface area (Å²) in [6.45, 7) is 3.64. The number of hydrogen-bond donors (Lipinski definition) is 1. The summed E-state index contributed by atoms with van der Waals surface area (Å²) in [5.74, 6) is 0.998. The van der Waals surface area contributed by atoms with Crippen molar-refractivity contribution in [2.24, 2.45) is 5.92 Å². The van der Waals surface area contributed by atoms with Crippen molar-refractivity contribution in [3.8, 4) is 0 Å². The van der Waals surface area contributed by atoms with Crippen LogP contribution in [0, 0.1) is 5.92 Å². The number of fused-ring (bicyclic) bond motifs is 1. The number of nitrogen functional groups attached to an aromatic ring is 1. The first kappa shape index (κ1) is 13.2. The monoisotopic (exact) mass is 272 g/mol. The van der Waals surface area contributed by atoms with Crippen molar-refractivity contribution in [3.05, 3.63) is 40.7 Å². The fourth-order valence-corrected chi connectivity index (χ4v) is 3.12. The summed E-state index contributed by atoms with van der Waals surface area (Å²) in [4.78, 5) is 12.7. The number of pyridine rings is 1. The largest absolute Gasteiger partial charge is 0.385 e. The Morgan fingerprint density at radius 2 is 2.00 bits per heavy atom. The van der Waals surface area contributed by atoms with E-state index in [9.17, 15) is 4.79 Å². The average Bonchev–Trinajstić information content (AvgIpc) is 2.48. The summed E-state index contributed by atoms with van der Waals surface area (Å²) in [6.07, 6.45) is 1.97. The molecular weight excluding hydrogens is 252 g/mol. The molecular formula is C16H20N2O2. The van der Waals surface area contributed by atoms with Gasteiger partial charge in [-0.1, -0.05) is 18.2 Å². The number of hydrogen-bond acceptors (Lipinski definition) is 3. The molecule has 0 spiro atoms. The van der Waals surface area contributed by atoms with Gasteiger partial charge in [0, 0.05) is 24.6 Å². The molecule has 3 rings (SSSR count). The number of anilines is 1. The quantitative estimate of drug-likeness (QED) is 0.914. The minimum atomic E-state index is 0.0135. The Bertz CT molecular complexity index is 672. The number of rotatable bonds is 2. The van der Waals surface area contributed by atoms with Gasteiger partial charge in [0.2, 0.25) is 0 Å². The molecule has 1 aromatic heterocycles. The van der Waals surface area contributed by atoms with Gasteiger partial charge in [0.1, 0.15) is 5.82 Å². The van der Waals surface area contributed by atoms with Crippen LogP contribution in [-0.2, 0) is 4.74 Å². The lowest BCUT2D eigenvalue weighted by molar-refractivity contribution is 0.0512. The number of ether oxygens (including phenoxy) is 1. The highest BCUT2D eigenvalue weighted by Crippen LogP contribution is 2.29. The van der Waals surface area contributed by atoms with Crippen LogP contribution in [0.2, 0.25) is 0 Å². The van der Waals surface area contributed by atoms with Gasteiger partial charge in [-0.3, -0.25) is 9.36 Å². The second-order valence-corrected chi connectivity index (χ2v) is 5.52. The Balaban J connectivity index is 2.08. The minimum absolute atomic E-state index is 0.0135. The molecule has 1 aliphatic rings. The third-order valence-electron chi connectivity index (χ3n) is 4.35. The number of benzene rings is 1. The van der Waals surface area contributed by atoms with Crippen molar-refractivity contribution in [2.45, 2.75) is 25.8 Å². The molecule has 2 heterocycles. The van der Waals surface area contributed by atoms with Crippen molar-refractivity contribution in [1.29, 1.82) is 0 Å². The molecule has 2 N–H and O–H groups in total. The van der Waals surface area contributed by atoms with Gasteiger partial charge >= 0.3 is 0 Å². The smallest absolute Gasteiger partial charge is 0.260 e. The lowest BCUT2D eigenvalue weighted by atomic mass is 9.92. The van der Waals surface area contributed by atoms with Crippen molar-refractivity contribution in [2.75, 3.05) is 18.9 Å². The summed E-state index contributed by atoms with van der Waals surface area (Å²) in [6, 6.07) is 9.61. The molecule has 1 atom stereocenters. The maximum Gasteiger partial charge on any atom is 0.260 e. The molecule has 106 valence electrons. The second-order valence-electron chi connectivity index (χ2n) is 5.52. The molecule has 0 amide bonds. The molecule has 1 aliphatic heterocycles. The Kier molecular flexibility index (Phi) is 3.49. The van der Waals surface area contributed by atoms with E-state index in [0.717, 1.165) is 36.8 Å². The van der Waals surface area contributed by atoms with Crippen LogP contribution < -0.4 is 11.3 Å². The van der Waals surface area contributed by atoms with E-state index in [2.05, 4.69) is 6.92 Å². The van der Waals surface area contributed by atoms with Gasteiger partial charge in [-0.05, 0) is 43.2 Å². The van der Waals surface area contributed by atoms with E-state index < -0.39 is 0 Å². The number of aromatic nitrogens is 1. The average molecular weight is 272 g/mol. The fraction of sp³-hybridized carbons (Fsp3) is 0.438. The fourth-order valence-electron chi connectivity index (χ4n) is 3.12. The molecule has 1 aromatic carbocycles. The Morgan fingerprint density at radius 1 is 1.30 bits per heavy atom. The molecule has 4 nitrogen and oxygen atoms in total. The lowest BCUT2D eigenvalue weighted by Gasteiger charge is -2.30. The maximum absolute atomic E-state index is 12.7. The second kappa shape index (κ2) is 5.29. The van der Waals surface area contributed by atoms with Crippen LogP contribution in [0.5, 0.6) is 0 Å². The van der Waals surface area contributed by atoms with Gasteiger partial charge in [-0.15, -0.1) is 0 Å². The van der Waals surface area contributed by atoms with E-state index >= 15 is 0 Å². The summed E-state index contributed by atoms with van der Waals surface area (Å²) >= 11 is 0. The summed E-state index contributed by atoms with van der Waals surface area (Å²) in [5.41, 5.74) is 6.14. The zero-order valence-electron chi connectivity index (χ0n) is 11.7. The van der Waals surface area contributed by atoms with Gasteiger partial charge in [0.15, 0.2) is 0 Å². The summed E-state index contributed by atoms with van der Waals surface area (Å²) in [7, 11) is 0. The first-order valence-electron chi connectivity index (χ1n) is 7.16. The van der Waals surface area contributed by atoms with E-state index in [1.54, 1.807) is 4.57 Å². The zero-order valence-corrected chi connectivity index (χ0v) is 11.7. The third kappa shape index (κ3) is 2.20. The van der Waals surface area contributed by atoms with Crippen LogP contribution in [-0.4, -0.2) is 17.8 Å². The first-order valence-corrected chi connectivity index (χ1v) is 7.16. The van der Waals surface area contributed by atoms with Crippen molar-refractivity contribution in [1.82, 2.24) is 4.57 Å². The molecule has 1 saturated heterocycles. The van der Waals surface area contributed by atoms with Crippen LogP contribution in [0.15, 0.2) is 35.1 Å². The van der Waals surface area contributed by atoms with E-state index in [0.29, 0.717) is 11.7 Å². The van der Waals surface area contributed by atoms with Gasteiger partial charge in [-0.25, -0.2) is 0 Å². The van der Waals surface area contributed by atoms with E-state index in [1.165, 1.54) is 0 Å². The zero-order chi connectivity index (χ0) is 14.1. The Hall–Kier alpha value is -1.81. The molecule has 20 heavy (non-hydrogen) atoms. The maximum atomic E-state index is 12.7. The standard InChI is InChI=1S/C16H20N2O2/c1-11(12-6-8-20-9-7-12)18-15(17)10-13-4-2-3-5-14(13)16(18)19/h2-5,10-12H,6-9,17H2,1H3. The van der Waals surface area contributed by atoms with Crippen molar-refractivity contribution in [3.63, 3.8) is 0 Å². The third-order valence-corrected chi connectivity index (χ3v) is 4.35. The summed E-state index contributed by atoms with van der Waals surface area (Å²) < 4.78 is 7.15. The highest BCUT2D eigenvalue weighted by Gasteiger charge is 2.24. The van der Waals surface area contributed by atoms with Gasteiger partial charge in [0.05, 0.1) is 0 Å². The van der Waals surface area contributed by atoms with Crippen LogP contribution in [0.25, 0.3) is 10.8 Å². The Morgan fingerprint density at radius 3 is 2.75 bits per heavy atom. The highest BCUT2D eigenvalue weighted by molar-refractivity contribution is 5.83. The molecule has 4 heteroatoms. The molecule has 0 radical (unpaired) electrons. The van der Waals surface area contributed by atoms with Crippen LogP contribution in [0.4, 0.5) is 5.82 Å². The van der Waals surface area contributed by atoms with E-state index in [4.69, 9.17) is 10.5 Å². The van der Waals surface area contributed by atoms with Gasteiger partial charge in [-0.2, -0.15) is 0 Å². The molecule has 0 bridgehead atoms. The lowest BCUT2D eigenvalue weighted by Crippen LogP contribution is -2.32. The normalized spacial score (nSPS) is 18.2. The molecule has 0 aliphatic carbocycles. The van der Waals surface area contributed by atoms with Crippen LogP contribution >= 0.6 is 0 Å². The summed E-state index contributed by atoms with van der Waals surface area (Å²) in [5, 5.41) is 1.64. The van der Waals surface area contributed by atoms with Crippen LogP contribution in [0.1, 0.15) is 25.8 Å². The molecule has 2 aromatic rings. The van der Waals surface area contributed by atoms with Gasteiger partial charge in [0.25, 0.3) is 5.56 Å². The van der Waals surface area contributed by atoms with E-state index in [1.807, 2.05) is 30.3 Å². The number of nitrogens with two attached hydrogens (primary N) is 1. The SMILES string of the molecule is CC(C1CCOCC1)n1c(N)cc2ccccc2c1=O. The van der Waals surface area contributed by atoms with Crippen LogP contribution in [0.3, 0.4) is 0 Å². The van der Waals surface area contributed by atoms with Gasteiger partial charge < -0.3 is 10.5 Å².